The zero-order chi connectivity index (χ0) is 21.1. The van der Waals surface area contributed by atoms with Crippen LogP contribution in [0.2, 0.25) is 0 Å². The number of ketones is 2. The van der Waals surface area contributed by atoms with E-state index in [1.807, 2.05) is 6.92 Å². The second kappa shape index (κ2) is 19.0. The molecular weight excluding hydrogens is 348 g/mol. The SMILES string of the molecule is CCC(=O)NCCCCC(NC(=O)CC)C(C)=O.CCOCCCC(C)=O. The number of nitrogens with one attached hydrogen (secondary N) is 2. The zero-order valence-corrected chi connectivity index (χ0v) is 17.7. The second-order valence-corrected chi connectivity index (χ2v) is 6.29. The highest BCUT2D eigenvalue weighted by Gasteiger charge is 2.15. The van der Waals surface area contributed by atoms with Crippen molar-refractivity contribution in [2.75, 3.05) is 19.8 Å². The van der Waals surface area contributed by atoms with Gasteiger partial charge in [0, 0.05) is 39.0 Å². The van der Waals surface area contributed by atoms with Gasteiger partial charge in [-0.15, -0.1) is 0 Å². The molecule has 0 radical (unpaired) electrons. The quantitative estimate of drug-likeness (QED) is 0.447. The zero-order valence-electron chi connectivity index (χ0n) is 17.7. The van der Waals surface area contributed by atoms with Crippen molar-refractivity contribution in [2.24, 2.45) is 0 Å². The number of hydrogen-bond donors (Lipinski definition) is 2. The van der Waals surface area contributed by atoms with E-state index >= 15 is 0 Å². The molecule has 0 aromatic carbocycles. The average Bonchev–Trinajstić information content (AvgIpc) is 2.63. The van der Waals surface area contributed by atoms with Gasteiger partial charge < -0.3 is 20.2 Å². The number of rotatable bonds is 14. The third kappa shape index (κ3) is 20.4. The van der Waals surface area contributed by atoms with Crippen molar-refractivity contribution in [1.29, 1.82) is 0 Å². The van der Waals surface area contributed by atoms with Crippen molar-refractivity contribution in [3.05, 3.63) is 0 Å². The van der Waals surface area contributed by atoms with Gasteiger partial charge in [0.1, 0.15) is 5.78 Å². The molecule has 7 heteroatoms. The fraction of sp³-hybridized carbons (Fsp3) is 0.800. The summed E-state index contributed by atoms with van der Waals surface area (Å²) in [4.78, 5) is 43.9. The summed E-state index contributed by atoms with van der Waals surface area (Å²) in [5.41, 5.74) is 0. The minimum atomic E-state index is -0.390. The number of amides is 2. The van der Waals surface area contributed by atoms with Crippen molar-refractivity contribution < 1.29 is 23.9 Å². The number of carbonyl (C=O) groups excluding carboxylic acids is 4. The molecule has 0 aliphatic carbocycles. The van der Waals surface area contributed by atoms with Gasteiger partial charge in [0.2, 0.25) is 11.8 Å². The lowest BCUT2D eigenvalue weighted by atomic mass is 10.1. The molecule has 0 rings (SSSR count). The van der Waals surface area contributed by atoms with Crippen molar-refractivity contribution in [1.82, 2.24) is 10.6 Å². The van der Waals surface area contributed by atoms with Crippen molar-refractivity contribution >= 4 is 23.4 Å². The Balaban J connectivity index is 0. The van der Waals surface area contributed by atoms with E-state index in [1.54, 1.807) is 20.8 Å². The van der Waals surface area contributed by atoms with Crippen LogP contribution in [-0.4, -0.2) is 49.2 Å². The molecule has 158 valence electrons. The molecule has 7 nitrogen and oxygen atoms in total. The number of carbonyl (C=O) groups is 4. The average molecular weight is 387 g/mol. The maximum absolute atomic E-state index is 11.3. The topological polar surface area (TPSA) is 102 Å². The van der Waals surface area contributed by atoms with E-state index in [9.17, 15) is 19.2 Å². The molecule has 0 saturated carbocycles. The van der Waals surface area contributed by atoms with Gasteiger partial charge in [0.25, 0.3) is 0 Å². The van der Waals surface area contributed by atoms with Gasteiger partial charge in [-0.3, -0.25) is 14.4 Å². The van der Waals surface area contributed by atoms with Crippen LogP contribution in [-0.2, 0) is 23.9 Å². The van der Waals surface area contributed by atoms with E-state index in [4.69, 9.17) is 4.74 Å². The Morgan fingerprint density at radius 2 is 1.52 bits per heavy atom. The second-order valence-electron chi connectivity index (χ2n) is 6.29. The van der Waals surface area contributed by atoms with Crippen LogP contribution in [0.3, 0.4) is 0 Å². The molecule has 0 fully saturated rings. The first kappa shape index (κ1) is 27.5. The summed E-state index contributed by atoms with van der Waals surface area (Å²) < 4.78 is 5.03. The van der Waals surface area contributed by atoms with Crippen LogP contribution in [0.1, 0.15) is 79.6 Å². The molecule has 2 amide bonds. The van der Waals surface area contributed by atoms with E-state index in [2.05, 4.69) is 10.6 Å². The van der Waals surface area contributed by atoms with E-state index < -0.39 is 0 Å². The number of Topliss-reactive ketones (excluding diaryl/α,β-unsaturated/α-hetero) is 2. The molecule has 2 N–H and O–H groups in total. The normalized spacial score (nSPS) is 11.0. The molecule has 0 spiro atoms. The molecule has 0 saturated heterocycles. The first-order valence-electron chi connectivity index (χ1n) is 9.91. The summed E-state index contributed by atoms with van der Waals surface area (Å²) in [6.45, 7) is 10.7. The maximum Gasteiger partial charge on any atom is 0.220 e. The van der Waals surface area contributed by atoms with Crippen molar-refractivity contribution in [3.63, 3.8) is 0 Å². The van der Waals surface area contributed by atoms with Crippen LogP contribution >= 0.6 is 0 Å². The highest BCUT2D eigenvalue weighted by atomic mass is 16.5. The summed E-state index contributed by atoms with van der Waals surface area (Å²) in [7, 11) is 0. The fourth-order valence-electron chi connectivity index (χ4n) is 2.07. The monoisotopic (exact) mass is 386 g/mol. The fourth-order valence-corrected chi connectivity index (χ4v) is 2.07. The number of ether oxygens (including phenoxy) is 1. The molecule has 1 unspecified atom stereocenters. The summed E-state index contributed by atoms with van der Waals surface area (Å²) in [6, 6.07) is -0.390. The molecule has 0 aliphatic heterocycles. The van der Waals surface area contributed by atoms with E-state index in [0.29, 0.717) is 32.2 Å². The number of unbranched alkanes of at least 4 members (excludes halogenated alkanes) is 1. The Bertz CT molecular complexity index is 438. The van der Waals surface area contributed by atoms with Gasteiger partial charge in [-0.05, 0) is 46.5 Å². The van der Waals surface area contributed by atoms with Crippen LogP contribution in [0.25, 0.3) is 0 Å². The first-order valence-corrected chi connectivity index (χ1v) is 9.91. The predicted octanol–water partition coefficient (Wildman–Crippen LogP) is 2.56. The van der Waals surface area contributed by atoms with Crippen LogP contribution in [0.15, 0.2) is 0 Å². The van der Waals surface area contributed by atoms with Crippen LogP contribution in [0.5, 0.6) is 0 Å². The molecule has 27 heavy (non-hydrogen) atoms. The minimum Gasteiger partial charge on any atom is -0.382 e. The van der Waals surface area contributed by atoms with Crippen LogP contribution in [0, 0.1) is 0 Å². The molecular formula is C20H38N2O5. The summed E-state index contributed by atoms with van der Waals surface area (Å²) in [5, 5.41) is 5.48. The van der Waals surface area contributed by atoms with Crippen molar-refractivity contribution in [3.8, 4) is 0 Å². The Labute approximate surface area is 164 Å². The lowest BCUT2D eigenvalue weighted by molar-refractivity contribution is -0.126. The van der Waals surface area contributed by atoms with E-state index in [1.165, 1.54) is 6.92 Å². The molecule has 0 aromatic heterocycles. The van der Waals surface area contributed by atoms with Gasteiger partial charge in [-0.25, -0.2) is 0 Å². The summed E-state index contributed by atoms with van der Waals surface area (Å²) in [6.07, 6.45) is 4.64. The lowest BCUT2D eigenvalue weighted by Crippen LogP contribution is -2.39. The van der Waals surface area contributed by atoms with Gasteiger partial charge in [-0.2, -0.15) is 0 Å². The van der Waals surface area contributed by atoms with Crippen LogP contribution < -0.4 is 10.6 Å². The maximum atomic E-state index is 11.3. The number of hydrogen-bond acceptors (Lipinski definition) is 5. The van der Waals surface area contributed by atoms with Gasteiger partial charge in [0.15, 0.2) is 5.78 Å². The standard InChI is InChI=1S/C13H24N2O3.C7H14O2/c1-4-12(17)14-9-7-6-8-11(10(3)16)15-13(18)5-2;1-3-9-6-4-5-7(2)8/h11H,4-9H2,1-3H3,(H,14,17)(H,15,18);3-6H2,1-2H3. The Kier molecular flexibility index (Phi) is 19.3. The summed E-state index contributed by atoms with van der Waals surface area (Å²) in [5.74, 6) is 0.163. The Hall–Kier alpha value is -1.76. The molecule has 1 atom stereocenters. The molecule has 0 heterocycles. The third-order valence-corrected chi connectivity index (χ3v) is 3.73. The molecule has 0 aliphatic rings. The molecule has 0 aromatic rings. The largest absolute Gasteiger partial charge is 0.382 e. The predicted molar refractivity (Wildman–Crippen MR) is 106 cm³/mol. The highest BCUT2D eigenvalue weighted by Crippen LogP contribution is 2.02. The van der Waals surface area contributed by atoms with Gasteiger partial charge in [0.05, 0.1) is 6.04 Å². The third-order valence-electron chi connectivity index (χ3n) is 3.73. The summed E-state index contributed by atoms with van der Waals surface area (Å²) >= 11 is 0. The first-order chi connectivity index (χ1) is 12.8. The minimum absolute atomic E-state index is 0.0191. The lowest BCUT2D eigenvalue weighted by Gasteiger charge is -2.15. The Morgan fingerprint density at radius 1 is 0.889 bits per heavy atom. The van der Waals surface area contributed by atoms with Crippen LogP contribution in [0.4, 0.5) is 0 Å². The molecule has 0 bridgehead atoms. The van der Waals surface area contributed by atoms with Crippen molar-refractivity contribution in [2.45, 2.75) is 85.6 Å². The van der Waals surface area contributed by atoms with E-state index in [-0.39, 0.29) is 29.4 Å². The van der Waals surface area contributed by atoms with Gasteiger partial charge >= 0.3 is 0 Å². The smallest absolute Gasteiger partial charge is 0.220 e. The Morgan fingerprint density at radius 3 is 2.00 bits per heavy atom. The van der Waals surface area contributed by atoms with E-state index in [0.717, 1.165) is 32.5 Å². The highest BCUT2D eigenvalue weighted by molar-refractivity contribution is 5.87. The van der Waals surface area contributed by atoms with Gasteiger partial charge in [-0.1, -0.05) is 13.8 Å².